The minimum absolute atomic E-state index is 0.0125. The predicted molar refractivity (Wildman–Crippen MR) is 84.7 cm³/mol. The quantitative estimate of drug-likeness (QED) is 0.776. The molecule has 1 saturated heterocycles. The second kappa shape index (κ2) is 7.23. The zero-order valence-electron chi connectivity index (χ0n) is 12.8. The Morgan fingerprint density at radius 1 is 1.40 bits per heavy atom. The van der Waals surface area contributed by atoms with Crippen LogP contribution >= 0.6 is 11.3 Å². The molecule has 0 spiro atoms. The van der Waals surface area contributed by atoms with Crippen LogP contribution in [0, 0.1) is 5.92 Å². The molecule has 1 fully saturated rings. The Hall–Kier alpha value is -0.870. The monoisotopic (exact) mass is 294 g/mol. The van der Waals surface area contributed by atoms with Gasteiger partial charge in [-0.3, -0.25) is 10.1 Å². The van der Waals surface area contributed by atoms with Gasteiger partial charge < -0.3 is 4.90 Å². The van der Waals surface area contributed by atoms with Crippen LogP contribution in [0.5, 0.6) is 0 Å². The van der Waals surface area contributed by atoms with Crippen LogP contribution in [0.3, 0.4) is 0 Å². The van der Waals surface area contributed by atoms with E-state index >= 15 is 0 Å². The number of unbranched alkanes of at least 4 members (excludes halogenated alkanes) is 2. The molecule has 3 nitrogen and oxygen atoms in total. The van der Waals surface area contributed by atoms with Crippen molar-refractivity contribution in [3.05, 3.63) is 22.4 Å². The molecule has 2 heterocycles. The molecule has 2 unspecified atom stereocenters. The van der Waals surface area contributed by atoms with E-state index in [-0.39, 0.29) is 18.1 Å². The van der Waals surface area contributed by atoms with E-state index in [4.69, 9.17) is 0 Å². The number of nitrogens with zero attached hydrogens (tertiary/aromatic N) is 1. The number of hydrogen-bond acceptors (Lipinski definition) is 3. The standard InChI is InChI=1S/C16H26N2OS/c1-4-5-6-8-18-15(13-7-9-20-11-13)17-14(16(18)19)10-12(2)3/h7,9,11-12,14-15,17H,4-6,8,10H2,1-3H3. The normalized spacial score (nSPS) is 23.0. The summed E-state index contributed by atoms with van der Waals surface area (Å²) >= 11 is 1.70. The van der Waals surface area contributed by atoms with Gasteiger partial charge in [-0.05, 0) is 41.1 Å². The summed E-state index contributed by atoms with van der Waals surface area (Å²) in [5, 5.41) is 7.77. The van der Waals surface area contributed by atoms with Crippen LogP contribution in [-0.4, -0.2) is 23.4 Å². The van der Waals surface area contributed by atoms with Crippen LogP contribution < -0.4 is 5.32 Å². The van der Waals surface area contributed by atoms with Crippen molar-refractivity contribution in [2.75, 3.05) is 6.54 Å². The van der Waals surface area contributed by atoms with Gasteiger partial charge in [0.1, 0.15) is 6.17 Å². The topological polar surface area (TPSA) is 32.3 Å². The maximum absolute atomic E-state index is 12.6. The van der Waals surface area contributed by atoms with Gasteiger partial charge in [-0.1, -0.05) is 33.6 Å². The third-order valence-corrected chi connectivity index (χ3v) is 4.52. The van der Waals surface area contributed by atoms with Crippen LogP contribution in [0.2, 0.25) is 0 Å². The highest BCUT2D eigenvalue weighted by molar-refractivity contribution is 7.07. The molecule has 0 saturated carbocycles. The first-order valence-electron chi connectivity index (χ1n) is 7.72. The van der Waals surface area contributed by atoms with Crippen LogP contribution in [0.15, 0.2) is 16.8 Å². The number of thiophene rings is 1. The molecule has 20 heavy (non-hydrogen) atoms. The molecule has 0 bridgehead atoms. The Kier molecular flexibility index (Phi) is 5.61. The molecular formula is C16H26N2OS. The molecule has 112 valence electrons. The summed E-state index contributed by atoms with van der Waals surface area (Å²) in [4.78, 5) is 14.7. The second-order valence-corrected chi connectivity index (χ2v) is 6.83. The Bertz CT molecular complexity index is 416. The first kappa shape index (κ1) is 15.5. The van der Waals surface area contributed by atoms with E-state index in [0.29, 0.717) is 5.92 Å². The lowest BCUT2D eigenvalue weighted by atomic mass is 10.0. The molecular weight excluding hydrogens is 268 g/mol. The fraction of sp³-hybridized carbons (Fsp3) is 0.688. The van der Waals surface area contributed by atoms with Gasteiger partial charge in [-0.25, -0.2) is 0 Å². The number of amides is 1. The molecule has 1 amide bonds. The van der Waals surface area contributed by atoms with Crippen molar-refractivity contribution in [1.82, 2.24) is 10.2 Å². The lowest BCUT2D eigenvalue weighted by molar-refractivity contribution is -0.130. The molecule has 1 aliphatic heterocycles. The molecule has 0 aromatic carbocycles. The van der Waals surface area contributed by atoms with Gasteiger partial charge in [0.05, 0.1) is 6.04 Å². The van der Waals surface area contributed by atoms with E-state index in [1.807, 2.05) is 4.90 Å². The second-order valence-electron chi connectivity index (χ2n) is 6.05. The van der Waals surface area contributed by atoms with Crippen LogP contribution in [0.4, 0.5) is 0 Å². The number of rotatable bonds is 7. The first-order chi connectivity index (χ1) is 9.63. The van der Waals surface area contributed by atoms with Gasteiger partial charge in [0.2, 0.25) is 5.91 Å². The van der Waals surface area contributed by atoms with Crippen LogP contribution in [0.25, 0.3) is 0 Å². The van der Waals surface area contributed by atoms with Gasteiger partial charge in [0.25, 0.3) is 0 Å². The number of carbonyl (C=O) groups is 1. The summed E-state index contributed by atoms with van der Waals surface area (Å²) in [6.45, 7) is 7.42. The minimum Gasteiger partial charge on any atom is -0.322 e. The number of hydrogen-bond donors (Lipinski definition) is 1. The van der Waals surface area contributed by atoms with E-state index in [0.717, 1.165) is 19.4 Å². The van der Waals surface area contributed by atoms with Gasteiger partial charge in [-0.15, -0.1) is 0 Å². The zero-order chi connectivity index (χ0) is 14.5. The Labute approximate surface area is 126 Å². The van der Waals surface area contributed by atoms with E-state index in [9.17, 15) is 4.79 Å². The molecule has 2 rings (SSSR count). The highest BCUT2D eigenvalue weighted by Gasteiger charge is 2.39. The summed E-state index contributed by atoms with van der Waals surface area (Å²) in [5.41, 5.74) is 1.23. The average Bonchev–Trinajstić information content (AvgIpc) is 3.01. The Balaban J connectivity index is 2.08. The fourth-order valence-electron chi connectivity index (χ4n) is 2.80. The molecule has 1 N–H and O–H groups in total. The summed E-state index contributed by atoms with van der Waals surface area (Å²) < 4.78 is 0. The van der Waals surface area contributed by atoms with Gasteiger partial charge in [0.15, 0.2) is 0 Å². The minimum atomic E-state index is -0.0125. The SMILES string of the molecule is CCCCCN1C(=O)C(CC(C)C)NC1c1ccsc1. The third-order valence-electron chi connectivity index (χ3n) is 3.82. The van der Waals surface area contributed by atoms with Crippen molar-refractivity contribution in [2.24, 2.45) is 5.92 Å². The molecule has 2 atom stereocenters. The number of carbonyl (C=O) groups excluding carboxylic acids is 1. The van der Waals surface area contributed by atoms with E-state index in [2.05, 4.69) is 42.9 Å². The highest BCUT2D eigenvalue weighted by atomic mass is 32.1. The van der Waals surface area contributed by atoms with Crippen LogP contribution in [0.1, 0.15) is 58.2 Å². The van der Waals surface area contributed by atoms with Gasteiger partial charge >= 0.3 is 0 Å². The molecule has 4 heteroatoms. The first-order valence-corrected chi connectivity index (χ1v) is 8.66. The molecule has 0 radical (unpaired) electrons. The van der Waals surface area contributed by atoms with Crippen molar-refractivity contribution in [3.8, 4) is 0 Å². The lowest BCUT2D eigenvalue weighted by Crippen LogP contribution is -2.32. The van der Waals surface area contributed by atoms with Crippen molar-refractivity contribution in [2.45, 2.75) is 58.7 Å². The summed E-state index contributed by atoms with van der Waals surface area (Å²) in [5.74, 6) is 0.821. The van der Waals surface area contributed by atoms with Crippen molar-refractivity contribution >= 4 is 17.2 Å². The lowest BCUT2D eigenvalue weighted by Gasteiger charge is -2.23. The molecule has 1 aromatic heterocycles. The summed E-state index contributed by atoms with van der Waals surface area (Å²) in [7, 11) is 0. The Morgan fingerprint density at radius 3 is 2.80 bits per heavy atom. The van der Waals surface area contributed by atoms with Gasteiger partial charge in [-0.2, -0.15) is 11.3 Å². The van der Waals surface area contributed by atoms with Crippen molar-refractivity contribution < 1.29 is 4.79 Å². The maximum atomic E-state index is 12.6. The van der Waals surface area contributed by atoms with E-state index in [1.165, 1.54) is 18.4 Å². The van der Waals surface area contributed by atoms with Crippen molar-refractivity contribution in [3.63, 3.8) is 0 Å². The maximum Gasteiger partial charge on any atom is 0.241 e. The number of nitrogens with one attached hydrogen (secondary N) is 1. The van der Waals surface area contributed by atoms with Crippen molar-refractivity contribution in [1.29, 1.82) is 0 Å². The summed E-state index contributed by atoms with van der Waals surface area (Å²) in [6.07, 6.45) is 4.47. The Morgan fingerprint density at radius 2 is 2.20 bits per heavy atom. The summed E-state index contributed by atoms with van der Waals surface area (Å²) in [6, 6.07) is 2.11. The molecule has 1 aliphatic rings. The molecule has 1 aromatic rings. The van der Waals surface area contributed by atoms with Gasteiger partial charge in [0, 0.05) is 6.54 Å². The third kappa shape index (κ3) is 3.61. The predicted octanol–water partition coefficient (Wildman–Crippen LogP) is 3.78. The molecule has 0 aliphatic carbocycles. The van der Waals surface area contributed by atoms with Crippen LogP contribution in [-0.2, 0) is 4.79 Å². The van der Waals surface area contributed by atoms with E-state index in [1.54, 1.807) is 11.3 Å². The fourth-order valence-corrected chi connectivity index (χ4v) is 3.48. The average molecular weight is 294 g/mol. The highest BCUT2D eigenvalue weighted by Crippen LogP contribution is 2.29. The van der Waals surface area contributed by atoms with E-state index < -0.39 is 0 Å². The smallest absolute Gasteiger partial charge is 0.241 e. The zero-order valence-corrected chi connectivity index (χ0v) is 13.6. The largest absolute Gasteiger partial charge is 0.322 e.